The van der Waals surface area contributed by atoms with Gasteiger partial charge in [0, 0.05) is 20.3 Å². The Hall–Kier alpha value is -1.53. The van der Waals surface area contributed by atoms with Crippen LogP contribution in [0.15, 0.2) is 12.3 Å². The van der Waals surface area contributed by atoms with Crippen molar-refractivity contribution in [1.82, 2.24) is 9.97 Å². The van der Waals surface area contributed by atoms with Crippen molar-refractivity contribution in [1.29, 1.82) is 0 Å². The number of hydrogen-bond acceptors (Lipinski definition) is 6. The first-order chi connectivity index (χ1) is 9.52. The normalized spacial score (nSPS) is 10.4. The molecule has 5 nitrogen and oxygen atoms in total. The number of thiazole rings is 1. The highest BCUT2D eigenvalue weighted by Crippen LogP contribution is 2.32. The van der Waals surface area contributed by atoms with Crippen LogP contribution >= 0.6 is 22.9 Å². The number of anilines is 2. The van der Waals surface area contributed by atoms with Crippen LogP contribution in [0.5, 0.6) is 5.88 Å². The highest BCUT2D eigenvalue weighted by Gasteiger charge is 2.14. The first-order valence-corrected chi connectivity index (χ1v) is 7.28. The van der Waals surface area contributed by atoms with E-state index in [2.05, 4.69) is 15.3 Å². The van der Waals surface area contributed by atoms with Crippen LogP contribution in [0.4, 0.5) is 10.8 Å². The summed E-state index contributed by atoms with van der Waals surface area (Å²) in [6.45, 7) is 2.59. The van der Waals surface area contributed by atoms with Gasteiger partial charge in [0.1, 0.15) is 0 Å². The van der Waals surface area contributed by atoms with E-state index in [-0.39, 0.29) is 0 Å². The van der Waals surface area contributed by atoms with Crippen LogP contribution in [-0.2, 0) is 6.54 Å². The number of ether oxygens (including phenoxy) is 1. The lowest BCUT2D eigenvalue weighted by molar-refractivity contribution is 0.397. The van der Waals surface area contributed by atoms with Crippen molar-refractivity contribution < 1.29 is 4.74 Å². The molecule has 0 atom stereocenters. The monoisotopic (exact) mass is 312 g/mol. The molecular weight excluding hydrogens is 296 g/mol. The number of aromatic nitrogens is 2. The molecule has 0 amide bonds. The Balaban J connectivity index is 2.18. The highest BCUT2D eigenvalue weighted by atomic mass is 35.5. The topological polar surface area (TPSA) is 50.3 Å². The van der Waals surface area contributed by atoms with E-state index in [0.29, 0.717) is 17.6 Å². The molecule has 0 aliphatic rings. The Morgan fingerprint density at radius 2 is 2.20 bits per heavy atom. The number of halogens is 1. The Bertz CT molecular complexity index is 580. The lowest BCUT2D eigenvalue weighted by atomic mass is 10.2. The third-order valence-electron chi connectivity index (χ3n) is 2.76. The second kappa shape index (κ2) is 6.28. The molecule has 20 heavy (non-hydrogen) atoms. The van der Waals surface area contributed by atoms with Gasteiger partial charge in [-0.1, -0.05) is 22.9 Å². The minimum atomic E-state index is 0.473. The molecule has 2 aromatic heterocycles. The van der Waals surface area contributed by atoms with Crippen molar-refractivity contribution in [3.05, 3.63) is 27.9 Å². The Morgan fingerprint density at radius 1 is 1.45 bits per heavy atom. The fourth-order valence-electron chi connectivity index (χ4n) is 1.69. The molecule has 1 N–H and O–H groups in total. The van der Waals surface area contributed by atoms with E-state index in [1.165, 1.54) is 0 Å². The summed E-state index contributed by atoms with van der Waals surface area (Å²) < 4.78 is 5.31. The van der Waals surface area contributed by atoms with E-state index in [0.717, 1.165) is 21.3 Å². The van der Waals surface area contributed by atoms with Crippen molar-refractivity contribution >= 4 is 33.8 Å². The summed E-state index contributed by atoms with van der Waals surface area (Å²) in [5.41, 5.74) is 1.90. The predicted octanol–water partition coefficient (Wildman–Crippen LogP) is 3.19. The largest absolute Gasteiger partial charge is 0.480 e. The van der Waals surface area contributed by atoms with Crippen molar-refractivity contribution in [3.8, 4) is 5.88 Å². The fraction of sp³-hybridized carbons (Fsp3) is 0.385. The average Bonchev–Trinajstić information content (AvgIpc) is 2.81. The number of rotatable bonds is 5. The second-order valence-electron chi connectivity index (χ2n) is 4.47. The Kier molecular flexibility index (Phi) is 4.67. The summed E-state index contributed by atoms with van der Waals surface area (Å²) in [6.07, 6.45) is 1.69. The molecule has 0 spiro atoms. The fourth-order valence-corrected chi connectivity index (χ4v) is 2.86. The third-order valence-corrected chi connectivity index (χ3v) is 4.26. The number of nitrogens with zero attached hydrogens (tertiary/aromatic N) is 3. The van der Waals surface area contributed by atoms with Crippen molar-refractivity contribution in [2.45, 2.75) is 13.5 Å². The van der Waals surface area contributed by atoms with Gasteiger partial charge in [-0.15, -0.1) is 0 Å². The van der Waals surface area contributed by atoms with E-state index >= 15 is 0 Å². The van der Waals surface area contributed by atoms with Gasteiger partial charge in [0.25, 0.3) is 0 Å². The molecule has 7 heteroatoms. The van der Waals surface area contributed by atoms with Crippen LogP contribution in [0.3, 0.4) is 0 Å². The van der Waals surface area contributed by atoms with Gasteiger partial charge in [-0.25, -0.2) is 4.98 Å². The van der Waals surface area contributed by atoms with Crippen LogP contribution in [0.1, 0.15) is 10.4 Å². The quantitative estimate of drug-likeness (QED) is 0.859. The molecule has 0 aliphatic heterocycles. The summed E-state index contributed by atoms with van der Waals surface area (Å²) in [4.78, 5) is 11.5. The average molecular weight is 313 g/mol. The third kappa shape index (κ3) is 3.13. The Morgan fingerprint density at radius 3 is 2.80 bits per heavy atom. The summed E-state index contributed by atoms with van der Waals surface area (Å²) in [5.74, 6) is 0.642. The number of pyridine rings is 1. The van der Waals surface area contributed by atoms with Crippen molar-refractivity contribution in [2.75, 3.05) is 31.4 Å². The van der Waals surface area contributed by atoms with Gasteiger partial charge in [0.15, 0.2) is 10.3 Å². The van der Waals surface area contributed by atoms with E-state index in [1.54, 1.807) is 24.6 Å². The number of nitrogens with one attached hydrogen (secondary N) is 1. The van der Waals surface area contributed by atoms with Crippen LogP contribution in [-0.4, -0.2) is 31.2 Å². The van der Waals surface area contributed by atoms with Gasteiger partial charge in [0.05, 0.1) is 24.2 Å². The molecule has 108 valence electrons. The molecule has 0 aromatic carbocycles. The number of methoxy groups -OCH3 is 1. The molecule has 0 saturated carbocycles. The van der Waals surface area contributed by atoms with Crippen molar-refractivity contribution in [2.24, 2.45) is 0 Å². The van der Waals surface area contributed by atoms with E-state index in [9.17, 15) is 0 Å². The Labute approximate surface area is 127 Å². The maximum absolute atomic E-state index is 6.10. The summed E-state index contributed by atoms with van der Waals surface area (Å²) in [7, 11) is 5.54. The number of aryl methyl sites for hydroxylation is 1. The van der Waals surface area contributed by atoms with E-state index in [1.807, 2.05) is 32.0 Å². The zero-order valence-corrected chi connectivity index (χ0v) is 13.5. The van der Waals surface area contributed by atoms with Crippen LogP contribution in [0.25, 0.3) is 0 Å². The minimum absolute atomic E-state index is 0.473. The van der Waals surface area contributed by atoms with Crippen LogP contribution < -0.4 is 15.0 Å². The lowest BCUT2D eigenvalue weighted by Crippen LogP contribution is -2.07. The molecule has 2 aromatic rings. The van der Waals surface area contributed by atoms with Gasteiger partial charge in [-0.05, 0) is 18.6 Å². The van der Waals surface area contributed by atoms with Crippen LogP contribution in [0.2, 0.25) is 5.15 Å². The predicted molar refractivity (Wildman–Crippen MR) is 84.3 cm³/mol. The lowest BCUT2D eigenvalue weighted by Gasteiger charge is -2.10. The zero-order chi connectivity index (χ0) is 14.7. The smallest absolute Gasteiger partial charge is 0.231 e. The first kappa shape index (κ1) is 14.9. The molecular formula is C13H17ClN4OS. The summed E-state index contributed by atoms with van der Waals surface area (Å²) in [5, 5.41) is 4.69. The number of hydrogen-bond donors (Lipinski definition) is 1. The maximum Gasteiger partial charge on any atom is 0.231 e. The van der Waals surface area contributed by atoms with Gasteiger partial charge < -0.3 is 15.0 Å². The van der Waals surface area contributed by atoms with Crippen molar-refractivity contribution in [3.63, 3.8) is 0 Å². The molecule has 2 heterocycles. The van der Waals surface area contributed by atoms with Gasteiger partial charge in [0.2, 0.25) is 5.88 Å². The van der Waals surface area contributed by atoms with Crippen LogP contribution in [0, 0.1) is 6.92 Å². The molecule has 0 saturated heterocycles. The summed E-state index contributed by atoms with van der Waals surface area (Å²) >= 11 is 7.69. The standard InChI is InChI=1S/C13H17ClN4OS/c1-8-5-6-15-11(14)10(8)16-7-9-12(19-4)17-13(20-9)18(2)3/h5-6,16H,7H2,1-4H3. The van der Waals surface area contributed by atoms with E-state index < -0.39 is 0 Å². The molecule has 0 unspecified atom stereocenters. The molecule has 2 rings (SSSR count). The van der Waals surface area contributed by atoms with Gasteiger partial charge in [-0.3, -0.25) is 0 Å². The zero-order valence-electron chi connectivity index (χ0n) is 11.9. The first-order valence-electron chi connectivity index (χ1n) is 6.09. The second-order valence-corrected chi connectivity index (χ2v) is 5.89. The minimum Gasteiger partial charge on any atom is -0.480 e. The maximum atomic E-state index is 6.10. The van der Waals surface area contributed by atoms with Gasteiger partial charge in [-0.2, -0.15) is 4.98 Å². The highest BCUT2D eigenvalue weighted by molar-refractivity contribution is 7.15. The van der Waals surface area contributed by atoms with Gasteiger partial charge >= 0.3 is 0 Å². The van der Waals surface area contributed by atoms with E-state index in [4.69, 9.17) is 16.3 Å². The molecule has 0 aliphatic carbocycles. The molecule has 0 bridgehead atoms. The SMILES string of the molecule is COc1nc(N(C)C)sc1CNc1c(C)ccnc1Cl. The molecule has 0 fully saturated rings. The summed E-state index contributed by atoms with van der Waals surface area (Å²) in [6, 6.07) is 1.92. The molecule has 0 radical (unpaired) electrons.